The number of rotatable bonds is 10. The molecule has 3 aromatic carbocycles. The number of sulfonamides is 1. The highest BCUT2D eigenvalue weighted by Gasteiger charge is 2.28. The van der Waals surface area contributed by atoms with Crippen LogP contribution in [-0.2, 0) is 14.8 Å². The van der Waals surface area contributed by atoms with Crippen LogP contribution in [-0.4, -0.2) is 35.1 Å². The highest BCUT2D eigenvalue weighted by atomic mass is 32.2. The van der Waals surface area contributed by atoms with Gasteiger partial charge in [-0.05, 0) is 36.2 Å². The van der Waals surface area contributed by atoms with Crippen molar-refractivity contribution >= 4 is 21.6 Å². The third kappa shape index (κ3) is 5.64. The van der Waals surface area contributed by atoms with Gasteiger partial charge in [-0.3, -0.25) is 9.10 Å². The van der Waals surface area contributed by atoms with Gasteiger partial charge < -0.3 is 14.8 Å². The van der Waals surface area contributed by atoms with Gasteiger partial charge in [0.1, 0.15) is 6.54 Å². The summed E-state index contributed by atoms with van der Waals surface area (Å²) in [6.07, 6.45) is 0.664. The molecule has 0 heterocycles. The molecule has 0 aliphatic carbocycles. The van der Waals surface area contributed by atoms with E-state index in [0.717, 1.165) is 9.87 Å². The van der Waals surface area contributed by atoms with Gasteiger partial charge in [0.25, 0.3) is 10.0 Å². The van der Waals surface area contributed by atoms with Crippen molar-refractivity contribution in [2.45, 2.75) is 24.3 Å². The van der Waals surface area contributed by atoms with Gasteiger partial charge in [-0.1, -0.05) is 55.5 Å². The van der Waals surface area contributed by atoms with E-state index in [0.29, 0.717) is 23.6 Å². The number of benzene rings is 3. The smallest absolute Gasteiger partial charge is 0.264 e. The van der Waals surface area contributed by atoms with E-state index in [4.69, 9.17) is 9.47 Å². The van der Waals surface area contributed by atoms with E-state index in [2.05, 4.69) is 5.32 Å². The molecule has 3 rings (SSSR count). The van der Waals surface area contributed by atoms with Crippen LogP contribution in [0, 0.1) is 0 Å². The van der Waals surface area contributed by atoms with Crippen LogP contribution in [0.15, 0.2) is 83.8 Å². The molecule has 0 unspecified atom stereocenters. The van der Waals surface area contributed by atoms with Crippen molar-refractivity contribution in [1.29, 1.82) is 0 Å². The Morgan fingerprint density at radius 2 is 1.52 bits per heavy atom. The predicted octanol–water partition coefficient (Wildman–Crippen LogP) is 4.17. The van der Waals surface area contributed by atoms with Gasteiger partial charge >= 0.3 is 0 Å². The zero-order valence-electron chi connectivity index (χ0n) is 18.9. The van der Waals surface area contributed by atoms with E-state index in [1.54, 1.807) is 36.4 Å². The van der Waals surface area contributed by atoms with Crippen molar-refractivity contribution in [2.24, 2.45) is 0 Å². The average Bonchev–Trinajstić information content (AvgIpc) is 2.86. The van der Waals surface area contributed by atoms with E-state index in [-0.39, 0.29) is 10.9 Å². The van der Waals surface area contributed by atoms with Gasteiger partial charge in [-0.25, -0.2) is 8.42 Å². The molecule has 1 amide bonds. The van der Waals surface area contributed by atoms with Crippen LogP contribution in [0.3, 0.4) is 0 Å². The summed E-state index contributed by atoms with van der Waals surface area (Å²) in [5, 5.41) is 2.96. The number of amides is 1. The minimum Gasteiger partial charge on any atom is -0.493 e. The Bertz CT molecular complexity index is 1170. The van der Waals surface area contributed by atoms with Crippen LogP contribution in [0.2, 0.25) is 0 Å². The molecule has 0 bridgehead atoms. The summed E-state index contributed by atoms with van der Waals surface area (Å²) >= 11 is 0. The zero-order valence-corrected chi connectivity index (χ0v) is 19.7. The van der Waals surface area contributed by atoms with Gasteiger partial charge in [0.05, 0.1) is 30.8 Å². The lowest BCUT2D eigenvalue weighted by Crippen LogP contribution is -2.42. The lowest BCUT2D eigenvalue weighted by atomic mass is 10.0. The Labute approximate surface area is 195 Å². The summed E-state index contributed by atoms with van der Waals surface area (Å²) < 4.78 is 38.7. The number of nitrogens with one attached hydrogen (secondary N) is 1. The lowest BCUT2D eigenvalue weighted by molar-refractivity contribution is -0.120. The molecule has 33 heavy (non-hydrogen) atoms. The molecule has 0 aromatic heterocycles. The Hall–Kier alpha value is -3.52. The molecule has 0 fully saturated rings. The molecule has 0 saturated carbocycles. The van der Waals surface area contributed by atoms with Gasteiger partial charge in [-0.15, -0.1) is 0 Å². The van der Waals surface area contributed by atoms with Crippen LogP contribution in [0.1, 0.15) is 24.9 Å². The fourth-order valence-corrected chi connectivity index (χ4v) is 4.93. The Morgan fingerprint density at radius 1 is 0.909 bits per heavy atom. The highest BCUT2D eigenvalue weighted by molar-refractivity contribution is 7.92. The molecule has 8 heteroatoms. The second-order valence-electron chi connectivity index (χ2n) is 7.30. The summed E-state index contributed by atoms with van der Waals surface area (Å²) in [7, 11) is -1.06. The van der Waals surface area contributed by atoms with E-state index in [1.165, 1.54) is 26.4 Å². The third-order valence-corrected chi connectivity index (χ3v) is 7.01. The monoisotopic (exact) mass is 468 g/mol. The number of carbonyl (C=O) groups excluding carboxylic acids is 1. The topological polar surface area (TPSA) is 84.9 Å². The Kier molecular flexibility index (Phi) is 7.95. The first-order valence-corrected chi connectivity index (χ1v) is 12.0. The molecule has 0 radical (unpaired) electrons. The van der Waals surface area contributed by atoms with Crippen molar-refractivity contribution < 1.29 is 22.7 Å². The van der Waals surface area contributed by atoms with Crippen molar-refractivity contribution in [2.75, 3.05) is 25.1 Å². The number of carbonyl (C=O) groups is 1. The average molecular weight is 469 g/mol. The molecular weight excluding hydrogens is 440 g/mol. The van der Waals surface area contributed by atoms with E-state index >= 15 is 0 Å². The van der Waals surface area contributed by atoms with Gasteiger partial charge in [-0.2, -0.15) is 0 Å². The predicted molar refractivity (Wildman–Crippen MR) is 128 cm³/mol. The summed E-state index contributed by atoms with van der Waals surface area (Å²) in [4.78, 5) is 13.1. The number of ether oxygens (including phenoxy) is 2. The molecule has 0 saturated heterocycles. The van der Waals surface area contributed by atoms with Crippen LogP contribution in [0.4, 0.5) is 5.69 Å². The minimum absolute atomic E-state index is 0.0858. The fraction of sp³-hybridized carbons (Fsp3) is 0.240. The lowest BCUT2D eigenvalue weighted by Gasteiger charge is -2.26. The molecule has 1 N–H and O–H groups in total. The van der Waals surface area contributed by atoms with Gasteiger partial charge in [0.15, 0.2) is 11.5 Å². The van der Waals surface area contributed by atoms with Crippen molar-refractivity contribution in [3.63, 3.8) is 0 Å². The first kappa shape index (κ1) is 24.1. The molecule has 1 atom stereocenters. The quantitative estimate of drug-likeness (QED) is 0.483. The summed E-state index contributed by atoms with van der Waals surface area (Å²) in [6.45, 7) is 1.57. The molecule has 0 aliphatic heterocycles. The molecule has 7 nitrogen and oxygen atoms in total. The van der Waals surface area contributed by atoms with Gasteiger partial charge in [0.2, 0.25) is 5.91 Å². The van der Waals surface area contributed by atoms with Crippen LogP contribution >= 0.6 is 0 Å². The summed E-state index contributed by atoms with van der Waals surface area (Å²) in [5.74, 6) is 0.400. The fourth-order valence-electron chi connectivity index (χ4n) is 3.49. The summed E-state index contributed by atoms with van der Waals surface area (Å²) in [5.41, 5.74) is 1.25. The number of anilines is 1. The van der Waals surface area contributed by atoms with Crippen molar-refractivity contribution in [1.82, 2.24) is 5.32 Å². The van der Waals surface area contributed by atoms with E-state index in [9.17, 15) is 13.2 Å². The highest BCUT2D eigenvalue weighted by Crippen LogP contribution is 2.33. The number of nitrogens with zero attached hydrogens (tertiary/aromatic N) is 1. The third-order valence-electron chi connectivity index (χ3n) is 5.22. The Balaban J connectivity index is 1.96. The minimum atomic E-state index is -4.02. The first-order valence-electron chi connectivity index (χ1n) is 10.5. The zero-order chi connectivity index (χ0) is 23.8. The van der Waals surface area contributed by atoms with E-state index in [1.807, 2.05) is 37.3 Å². The Morgan fingerprint density at radius 3 is 2.09 bits per heavy atom. The second-order valence-corrected chi connectivity index (χ2v) is 9.17. The largest absolute Gasteiger partial charge is 0.493 e. The molecule has 174 valence electrons. The number of methoxy groups -OCH3 is 2. The molecular formula is C25H28N2O5S. The molecule has 0 aliphatic rings. The standard InChI is InChI=1S/C25H28N2O5S/c1-4-22(19-11-7-5-8-12-19)26-25(28)18-27(33(29,30)21-13-9-6-10-14-21)20-15-16-23(31-2)24(17-20)32-3/h5-17,22H,4,18H2,1-3H3,(H,26,28)/t22-/m0/s1. The maximum atomic E-state index is 13.5. The van der Waals surface area contributed by atoms with Crippen molar-refractivity contribution in [3.05, 3.63) is 84.4 Å². The molecule has 3 aromatic rings. The van der Waals surface area contributed by atoms with Crippen LogP contribution in [0.5, 0.6) is 11.5 Å². The second kappa shape index (κ2) is 10.9. The summed E-state index contributed by atoms with van der Waals surface area (Å²) in [6, 6.07) is 22.1. The van der Waals surface area contributed by atoms with Crippen molar-refractivity contribution in [3.8, 4) is 11.5 Å². The first-order chi connectivity index (χ1) is 15.9. The van der Waals surface area contributed by atoms with Crippen LogP contribution in [0.25, 0.3) is 0 Å². The number of hydrogen-bond donors (Lipinski definition) is 1. The maximum Gasteiger partial charge on any atom is 0.264 e. The van der Waals surface area contributed by atoms with E-state index < -0.39 is 22.5 Å². The van der Waals surface area contributed by atoms with Gasteiger partial charge in [0, 0.05) is 6.07 Å². The number of hydrogen-bond acceptors (Lipinski definition) is 5. The normalized spacial score (nSPS) is 12.0. The SMILES string of the molecule is CC[C@H](NC(=O)CN(c1ccc(OC)c(OC)c1)S(=O)(=O)c1ccccc1)c1ccccc1. The van der Waals surface area contributed by atoms with Crippen LogP contribution < -0.4 is 19.1 Å². The maximum absolute atomic E-state index is 13.5. The molecule has 0 spiro atoms.